The van der Waals surface area contributed by atoms with Crippen LogP contribution < -0.4 is 5.32 Å². The molecule has 1 aliphatic carbocycles. The standard InChI is InChI=1S/C21H31N3O3S/c25-21(16-23-12-6-8-17-7-1-2-11-20(17)23)22-18-9-5-10-19(15-18)28(26,27)24-13-3-4-14-24/h5,9-10,15,17,20H,1-4,6-8,11-14,16H2,(H,22,25). The fourth-order valence-corrected chi connectivity index (χ4v) is 6.68. The summed E-state index contributed by atoms with van der Waals surface area (Å²) in [6, 6.07) is 7.21. The number of nitrogens with zero attached hydrogens (tertiary/aromatic N) is 2. The molecule has 1 aromatic carbocycles. The van der Waals surface area contributed by atoms with Gasteiger partial charge in [-0.3, -0.25) is 9.69 Å². The van der Waals surface area contributed by atoms with E-state index in [1.54, 1.807) is 24.3 Å². The fourth-order valence-electron chi connectivity index (χ4n) is 5.12. The molecule has 2 saturated heterocycles. The summed E-state index contributed by atoms with van der Waals surface area (Å²) in [6.07, 6.45) is 9.34. The van der Waals surface area contributed by atoms with Crippen LogP contribution in [0.4, 0.5) is 5.69 Å². The zero-order valence-corrected chi connectivity index (χ0v) is 17.3. The Labute approximate surface area is 168 Å². The second kappa shape index (κ2) is 8.51. The largest absolute Gasteiger partial charge is 0.325 e. The van der Waals surface area contributed by atoms with Crippen molar-refractivity contribution < 1.29 is 13.2 Å². The van der Waals surface area contributed by atoms with Crippen LogP contribution in [0.2, 0.25) is 0 Å². The lowest BCUT2D eigenvalue weighted by molar-refractivity contribution is -0.118. The summed E-state index contributed by atoms with van der Waals surface area (Å²) in [4.78, 5) is 15.3. The number of carbonyl (C=O) groups is 1. The van der Waals surface area contributed by atoms with Gasteiger partial charge in [0.25, 0.3) is 0 Å². The molecule has 2 atom stereocenters. The van der Waals surface area contributed by atoms with Crippen molar-refractivity contribution in [2.24, 2.45) is 5.92 Å². The van der Waals surface area contributed by atoms with Gasteiger partial charge in [0.15, 0.2) is 0 Å². The summed E-state index contributed by atoms with van der Waals surface area (Å²) in [6.45, 7) is 2.54. The lowest BCUT2D eigenvalue weighted by atomic mass is 9.78. The number of rotatable bonds is 5. The number of nitrogens with one attached hydrogen (secondary N) is 1. The molecule has 7 heteroatoms. The number of hydrogen-bond acceptors (Lipinski definition) is 4. The number of benzene rings is 1. The Kier molecular flexibility index (Phi) is 6.04. The van der Waals surface area contributed by atoms with E-state index in [2.05, 4.69) is 10.2 Å². The average molecular weight is 406 g/mol. The first kappa shape index (κ1) is 19.9. The van der Waals surface area contributed by atoms with Gasteiger partial charge in [-0.05, 0) is 69.2 Å². The third kappa shape index (κ3) is 4.26. The summed E-state index contributed by atoms with van der Waals surface area (Å²) in [5.41, 5.74) is 0.558. The van der Waals surface area contributed by atoms with Crippen molar-refractivity contribution >= 4 is 21.6 Å². The van der Waals surface area contributed by atoms with Crippen LogP contribution >= 0.6 is 0 Å². The Balaban J connectivity index is 1.40. The molecule has 1 saturated carbocycles. The first-order chi connectivity index (χ1) is 13.5. The van der Waals surface area contributed by atoms with Crippen molar-refractivity contribution in [3.05, 3.63) is 24.3 Å². The lowest BCUT2D eigenvalue weighted by Gasteiger charge is -2.43. The summed E-state index contributed by atoms with van der Waals surface area (Å²) in [7, 11) is -3.47. The average Bonchev–Trinajstić information content (AvgIpc) is 3.24. The van der Waals surface area contributed by atoms with E-state index >= 15 is 0 Å². The van der Waals surface area contributed by atoms with Crippen molar-refractivity contribution in [2.45, 2.75) is 62.3 Å². The van der Waals surface area contributed by atoms with Crippen molar-refractivity contribution in [3.63, 3.8) is 0 Å². The molecule has 6 nitrogen and oxygen atoms in total. The number of sulfonamides is 1. The van der Waals surface area contributed by atoms with E-state index in [9.17, 15) is 13.2 Å². The second-order valence-corrected chi connectivity index (χ2v) is 10.3. The molecule has 2 unspecified atom stereocenters. The Morgan fingerprint density at radius 2 is 1.75 bits per heavy atom. The number of hydrogen-bond donors (Lipinski definition) is 1. The minimum atomic E-state index is -3.47. The van der Waals surface area contributed by atoms with E-state index in [1.807, 2.05) is 0 Å². The topological polar surface area (TPSA) is 69.7 Å². The van der Waals surface area contributed by atoms with Gasteiger partial charge in [0.05, 0.1) is 11.4 Å². The molecule has 1 N–H and O–H groups in total. The predicted octanol–water partition coefficient (Wildman–Crippen LogP) is 3.06. The van der Waals surface area contributed by atoms with E-state index < -0.39 is 10.0 Å². The van der Waals surface area contributed by atoms with Gasteiger partial charge in [0.2, 0.25) is 15.9 Å². The van der Waals surface area contributed by atoms with Crippen LogP contribution in [-0.2, 0) is 14.8 Å². The molecule has 4 rings (SSSR count). The van der Waals surface area contributed by atoms with Crippen molar-refractivity contribution in [3.8, 4) is 0 Å². The molecule has 3 aliphatic rings. The van der Waals surface area contributed by atoms with Crippen LogP contribution in [0.1, 0.15) is 51.4 Å². The van der Waals surface area contributed by atoms with E-state index in [-0.39, 0.29) is 10.8 Å². The van der Waals surface area contributed by atoms with E-state index in [0.29, 0.717) is 31.4 Å². The maximum Gasteiger partial charge on any atom is 0.243 e. The van der Waals surface area contributed by atoms with Crippen molar-refractivity contribution in [2.75, 3.05) is 31.5 Å². The van der Waals surface area contributed by atoms with Gasteiger partial charge in [0.1, 0.15) is 0 Å². The molecular weight excluding hydrogens is 374 g/mol. The maximum absolute atomic E-state index is 12.8. The first-order valence-electron chi connectivity index (χ1n) is 10.7. The molecule has 0 radical (unpaired) electrons. The number of likely N-dealkylation sites (tertiary alicyclic amines) is 1. The summed E-state index contributed by atoms with van der Waals surface area (Å²) < 4.78 is 27.0. The predicted molar refractivity (Wildman–Crippen MR) is 110 cm³/mol. The Morgan fingerprint density at radius 1 is 1.00 bits per heavy atom. The van der Waals surface area contributed by atoms with Crippen LogP contribution in [0.15, 0.2) is 29.2 Å². The lowest BCUT2D eigenvalue weighted by Crippen LogP contribution is -2.49. The monoisotopic (exact) mass is 405 g/mol. The third-order valence-electron chi connectivity index (χ3n) is 6.53. The summed E-state index contributed by atoms with van der Waals surface area (Å²) in [5.74, 6) is 0.686. The molecule has 0 bridgehead atoms. The highest BCUT2D eigenvalue weighted by molar-refractivity contribution is 7.89. The minimum absolute atomic E-state index is 0.0538. The highest BCUT2D eigenvalue weighted by Crippen LogP contribution is 2.35. The zero-order valence-electron chi connectivity index (χ0n) is 16.5. The molecule has 2 aliphatic heterocycles. The van der Waals surface area contributed by atoms with Gasteiger partial charge < -0.3 is 5.32 Å². The van der Waals surface area contributed by atoms with Crippen molar-refractivity contribution in [1.29, 1.82) is 0 Å². The molecule has 1 amide bonds. The third-order valence-corrected chi connectivity index (χ3v) is 8.42. The van der Waals surface area contributed by atoms with Gasteiger partial charge in [0, 0.05) is 24.8 Å². The van der Waals surface area contributed by atoms with Crippen LogP contribution in [0.5, 0.6) is 0 Å². The normalized spacial score (nSPS) is 26.7. The molecule has 3 fully saturated rings. The Hall–Kier alpha value is -1.44. The summed E-state index contributed by atoms with van der Waals surface area (Å²) in [5, 5.41) is 2.92. The van der Waals surface area contributed by atoms with E-state index in [1.165, 1.54) is 36.4 Å². The van der Waals surface area contributed by atoms with Crippen LogP contribution in [-0.4, -0.2) is 55.8 Å². The van der Waals surface area contributed by atoms with Gasteiger partial charge in [-0.15, -0.1) is 0 Å². The molecule has 154 valence electrons. The molecule has 28 heavy (non-hydrogen) atoms. The van der Waals surface area contributed by atoms with Gasteiger partial charge in [-0.2, -0.15) is 4.31 Å². The minimum Gasteiger partial charge on any atom is -0.325 e. The van der Waals surface area contributed by atoms with E-state index in [4.69, 9.17) is 0 Å². The number of fused-ring (bicyclic) bond motifs is 1. The quantitative estimate of drug-likeness (QED) is 0.817. The Morgan fingerprint density at radius 3 is 2.57 bits per heavy atom. The van der Waals surface area contributed by atoms with Crippen LogP contribution in [0.25, 0.3) is 0 Å². The fraction of sp³-hybridized carbons (Fsp3) is 0.667. The maximum atomic E-state index is 12.8. The number of anilines is 1. The highest BCUT2D eigenvalue weighted by Gasteiger charge is 2.34. The number of piperidine rings is 1. The van der Waals surface area contributed by atoms with E-state index in [0.717, 1.165) is 31.7 Å². The smallest absolute Gasteiger partial charge is 0.243 e. The van der Waals surface area contributed by atoms with Crippen LogP contribution in [0, 0.1) is 5.92 Å². The molecule has 2 heterocycles. The molecule has 0 aromatic heterocycles. The highest BCUT2D eigenvalue weighted by atomic mass is 32.2. The van der Waals surface area contributed by atoms with Crippen LogP contribution in [0.3, 0.4) is 0 Å². The molecule has 0 spiro atoms. The second-order valence-electron chi connectivity index (χ2n) is 8.41. The molecule has 1 aromatic rings. The van der Waals surface area contributed by atoms with Crippen molar-refractivity contribution in [1.82, 2.24) is 9.21 Å². The van der Waals surface area contributed by atoms with Gasteiger partial charge in [-0.25, -0.2) is 8.42 Å². The SMILES string of the molecule is O=C(CN1CCCC2CCCCC21)Nc1cccc(S(=O)(=O)N2CCCC2)c1. The van der Waals surface area contributed by atoms with Gasteiger partial charge >= 0.3 is 0 Å². The number of carbonyl (C=O) groups excluding carboxylic acids is 1. The zero-order chi connectivity index (χ0) is 19.6. The first-order valence-corrected chi connectivity index (χ1v) is 12.1. The van der Waals surface area contributed by atoms with Gasteiger partial charge in [-0.1, -0.05) is 18.9 Å². The Bertz CT molecular complexity index is 803. The summed E-state index contributed by atoms with van der Waals surface area (Å²) >= 11 is 0. The number of amides is 1. The molecular formula is C21H31N3O3S.